The molecule has 5 nitrogen and oxygen atoms in total. The van der Waals surface area contributed by atoms with Gasteiger partial charge >= 0.3 is 6.03 Å². The van der Waals surface area contributed by atoms with Crippen LogP contribution in [0.1, 0.15) is 6.42 Å². The second-order valence-electron chi connectivity index (χ2n) is 2.56. The number of amides is 2. The Morgan fingerprint density at radius 3 is 3.08 bits per heavy atom. The molecular formula is C7H14N2O3. The Kier molecular flexibility index (Phi) is 3.83. The highest BCUT2D eigenvalue weighted by Crippen LogP contribution is 2.03. The van der Waals surface area contributed by atoms with Gasteiger partial charge in [-0.05, 0) is 6.42 Å². The van der Waals surface area contributed by atoms with E-state index in [0.717, 1.165) is 6.42 Å². The lowest BCUT2D eigenvalue weighted by Crippen LogP contribution is -2.40. The molecule has 1 unspecified atom stereocenters. The summed E-state index contributed by atoms with van der Waals surface area (Å²) in [7, 11) is 1.58. The van der Waals surface area contributed by atoms with Crippen LogP contribution in [0.15, 0.2) is 0 Å². The Labute approximate surface area is 71.4 Å². The fraction of sp³-hybridized carbons (Fsp3) is 0.857. The first-order valence-corrected chi connectivity index (χ1v) is 3.98. The topological polar surface area (TPSA) is 59.6 Å². The van der Waals surface area contributed by atoms with Crippen LogP contribution in [0.3, 0.4) is 0 Å². The molecule has 12 heavy (non-hydrogen) atoms. The molecule has 0 spiro atoms. The molecule has 0 aromatic carbocycles. The quantitative estimate of drug-likeness (QED) is 0.603. The smallest absolute Gasteiger partial charge is 0.314 e. The van der Waals surface area contributed by atoms with Crippen LogP contribution in [0, 0.1) is 0 Å². The van der Waals surface area contributed by atoms with Gasteiger partial charge in [0.15, 0.2) is 0 Å². The van der Waals surface area contributed by atoms with Gasteiger partial charge in [0.2, 0.25) is 0 Å². The maximum absolute atomic E-state index is 10.7. The van der Waals surface area contributed by atoms with Crippen molar-refractivity contribution >= 4 is 6.03 Å². The summed E-state index contributed by atoms with van der Waals surface area (Å²) in [6.07, 6.45) is 0.931. The molecule has 2 N–H and O–H groups in total. The van der Waals surface area contributed by atoms with Gasteiger partial charge in [-0.3, -0.25) is 0 Å². The van der Waals surface area contributed by atoms with E-state index in [4.69, 9.17) is 9.47 Å². The number of urea groups is 1. The van der Waals surface area contributed by atoms with E-state index >= 15 is 0 Å². The summed E-state index contributed by atoms with van der Waals surface area (Å²) in [6, 6.07) is -0.176. The average molecular weight is 174 g/mol. The highest BCUT2D eigenvalue weighted by Gasteiger charge is 2.14. The fourth-order valence-electron chi connectivity index (χ4n) is 0.957. The lowest BCUT2D eigenvalue weighted by Gasteiger charge is -2.22. The monoisotopic (exact) mass is 174 g/mol. The van der Waals surface area contributed by atoms with E-state index in [-0.39, 0.29) is 12.1 Å². The lowest BCUT2D eigenvalue weighted by atomic mass is 10.2. The minimum absolute atomic E-state index is 0.0936. The number of rotatable bonds is 2. The van der Waals surface area contributed by atoms with Gasteiger partial charge in [0.05, 0.1) is 12.7 Å². The average Bonchev–Trinajstić information content (AvgIpc) is 2.16. The molecule has 0 aromatic rings. The number of carbonyl (C=O) groups is 1. The van der Waals surface area contributed by atoms with Crippen molar-refractivity contribution in [2.75, 3.05) is 27.0 Å². The molecule has 1 aliphatic rings. The first-order valence-electron chi connectivity index (χ1n) is 3.98. The second kappa shape index (κ2) is 4.95. The van der Waals surface area contributed by atoms with Gasteiger partial charge in [-0.2, -0.15) is 0 Å². The van der Waals surface area contributed by atoms with Crippen molar-refractivity contribution in [1.29, 1.82) is 0 Å². The van der Waals surface area contributed by atoms with Crippen LogP contribution < -0.4 is 10.6 Å². The van der Waals surface area contributed by atoms with Crippen LogP contribution in [-0.4, -0.2) is 39.1 Å². The molecule has 1 aliphatic heterocycles. The molecule has 1 heterocycles. The zero-order valence-corrected chi connectivity index (χ0v) is 7.13. The molecule has 2 amide bonds. The summed E-state index contributed by atoms with van der Waals surface area (Å²) in [5.41, 5.74) is 0. The van der Waals surface area contributed by atoms with Crippen molar-refractivity contribution in [2.45, 2.75) is 12.5 Å². The van der Waals surface area contributed by atoms with Crippen LogP contribution in [0.5, 0.6) is 0 Å². The summed E-state index contributed by atoms with van der Waals surface area (Å²) in [6.45, 7) is 1.59. The molecule has 70 valence electrons. The number of ether oxygens (including phenoxy) is 2. The molecule has 0 radical (unpaired) electrons. The van der Waals surface area contributed by atoms with Crippen LogP contribution in [0.4, 0.5) is 4.79 Å². The van der Waals surface area contributed by atoms with Crippen molar-refractivity contribution in [3.8, 4) is 0 Å². The number of nitrogens with one attached hydrogen (secondary N) is 2. The third kappa shape index (κ3) is 3.06. The molecule has 1 atom stereocenters. The van der Waals surface area contributed by atoms with Crippen LogP contribution >= 0.6 is 0 Å². The predicted molar refractivity (Wildman–Crippen MR) is 42.8 cm³/mol. The zero-order chi connectivity index (χ0) is 8.81. The molecule has 0 aliphatic carbocycles. The maximum Gasteiger partial charge on any atom is 0.314 e. The van der Waals surface area contributed by atoms with Crippen LogP contribution in [0.25, 0.3) is 0 Å². The van der Waals surface area contributed by atoms with E-state index in [0.29, 0.717) is 19.9 Å². The Bertz CT molecular complexity index is 146. The Morgan fingerprint density at radius 1 is 1.67 bits per heavy atom. The lowest BCUT2D eigenvalue weighted by molar-refractivity contribution is -0.136. The van der Waals surface area contributed by atoms with Crippen molar-refractivity contribution in [3.05, 3.63) is 0 Å². The molecule has 0 bridgehead atoms. The van der Waals surface area contributed by atoms with Crippen molar-refractivity contribution in [2.24, 2.45) is 0 Å². The van der Waals surface area contributed by atoms with E-state index in [2.05, 4.69) is 10.6 Å². The fourth-order valence-corrected chi connectivity index (χ4v) is 0.957. The molecule has 1 rings (SSSR count). The molecule has 0 aromatic heterocycles. The normalized spacial score (nSPS) is 23.2. The van der Waals surface area contributed by atoms with Crippen LogP contribution in [0.2, 0.25) is 0 Å². The third-order valence-corrected chi connectivity index (χ3v) is 1.69. The Balaban J connectivity index is 2.09. The molecular weight excluding hydrogens is 160 g/mol. The van der Waals surface area contributed by atoms with E-state index in [1.807, 2.05) is 0 Å². The number of hydrogen-bond acceptors (Lipinski definition) is 3. The minimum Gasteiger partial charge on any atom is -0.355 e. The molecule has 5 heteroatoms. The third-order valence-electron chi connectivity index (χ3n) is 1.69. The second-order valence-corrected chi connectivity index (χ2v) is 2.56. The SMILES string of the molecule is CNC(=O)NCC1CCOCO1. The van der Waals surface area contributed by atoms with Crippen LogP contribution in [-0.2, 0) is 9.47 Å². The largest absolute Gasteiger partial charge is 0.355 e. The van der Waals surface area contributed by atoms with E-state index < -0.39 is 0 Å². The standard InChI is InChI=1S/C7H14N2O3/c1-8-7(10)9-4-6-2-3-11-5-12-6/h6H,2-5H2,1H3,(H2,8,9,10). The Morgan fingerprint density at radius 2 is 2.50 bits per heavy atom. The van der Waals surface area contributed by atoms with E-state index in [1.54, 1.807) is 7.05 Å². The highest BCUT2D eigenvalue weighted by molar-refractivity contribution is 5.73. The van der Waals surface area contributed by atoms with E-state index in [1.165, 1.54) is 0 Å². The molecule has 0 saturated carbocycles. The summed E-state index contributed by atoms with van der Waals surface area (Å²) in [4.78, 5) is 10.7. The predicted octanol–water partition coefficient (Wildman–Crippen LogP) is -0.322. The minimum atomic E-state index is -0.176. The van der Waals surface area contributed by atoms with Gasteiger partial charge < -0.3 is 20.1 Å². The summed E-state index contributed by atoms with van der Waals surface area (Å²) < 4.78 is 10.2. The van der Waals surface area contributed by atoms with Crippen molar-refractivity contribution < 1.29 is 14.3 Å². The first-order chi connectivity index (χ1) is 5.83. The Hall–Kier alpha value is -0.810. The highest BCUT2D eigenvalue weighted by atomic mass is 16.7. The first kappa shape index (κ1) is 9.28. The van der Waals surface area contributed by atoms with Crippen molar-refractivity contribution in [3.63, 3.8) is 0 Å². The van der Waals surface area contributed by atoms with Gasteiger partial charge in [-0.25, -0.2) is 4.79 Å². The van der Waals surface area contributed by atoms with Crippen molar-refractivity contribution in [1.82, 2.24) is 10.6 Å². The van der Waals surface area contributed by atoms with Gasteiger partial charge in [0.25, 0.3) is 0 Å². The zero-order valence-electron chi connectivity index (χ0n) is 7.13. The van der Waals surface area contributed by atoms with Gasteiger partial charge in [0, 0.05) is 13.6 Å². The number of hydrogen-bond donors (Lipinski definition) is 2. The van der Waals surface area contributed by atoms with Gasteiger partial charge in [-0.15, -0.1) is 0 Å². The molecule has 1 saturated heterocycles. The number of carbonyl (C=O) groups excluding carboxylic acids is 1. The summed E-state index contributed by atoms with van der Waals surface area (Å²) in [5, 5.41) is 5.14. The maximum atomic E-state index is 10.7. The molecule has 1 fully saturated rings. The van der Waals surface area contributed by atoms with Gasteiger partial charge in [0.1, 0.15) is 6.79 Å². The summed E-state index contributed by atoms with van der Waals surface area (Å²) in [5.74, 6) is 0. The van der Waals surface area contributed by atoms with Gasteiger partial charge in [-0.1, -0.05) is 0 Å². The summed E-state index contributed by atoms with van der Waals surface area (Å²) >= 11 is 0. The van der Waals surface area contributed by atoms with E-state index in [9.17, 15) is 4.79 Å².